The molecule has 0 aliphatic rings. The van der Waals surface area contributed by atoms with E-state index in [2.05, 4.69) is 15.2 Å². The van der Waals surface area contributed by atoms with Gasteiger partial charge in [0.2, 0.25) is 4.96 Å². The van der Waals surface area contributed by atoms with Gasteiger partial charge in [0.25, 0.3) is 5.56 Å². The van der Waals surface area contributed by atoms with Crippen LogP contribution in [0.25, 0.3) is 4.96 Å². The Morgan fingerprint density at radius 3 is 2.87 bits per heavy atom. The van der Waals surface area contributed by atoms with E-state index in [1.54, 1.807) is 13.8 Å². The Morgan fingerprint density at radius 2 is 2.22 bits per heavy atom. The minimum absolute atomic E-state index is 0.103. The second kappa shape index (κ2) is 5.92. The summed E-state index contributed by atoms with van der Waals surface area (Å²) in [5.41, 5.74) is 0.843. The summed E-state index contributed by atoms with van der Waals surface area (Å²) in [5, 5.41) is 8.69. The Balaban J connectivity index is 1.82. The van der Waals surface area contributed by atoms with Crippen LogP contribution in [0.4, 0.5) is 0 Å². The second-order valence-electron chi connectivity index (χ2n) is 4.90. The zero-order valence-corrected chi connectivity index (χ0v) is 13.6. The molecule has 0 radical (unpaired) electrons. The van der Waals surface area contributed by atoms with Gasteiger partial charge >= 0.3 is 5.97 Å². The molecular formula is C14H14N4O4S. The van der Waals surface area contributed by atoms with E-state index in [1.807, 2.05) is 6.92 Å². The van der Waals surface area contributed by atoms with Crippen molar-refractivity contribution in [1.82, 2.24) is 19.8 Å². The summed E-state index contributed by atoms with van der Waals surface area (Å²) in [6.07, 6.45) is 0.726. The molecule has 0 bridgehead atoms. The Hall–Kier alpha value is -2.55. The van der Waals surface area contributed by atoms with Crippen LogP contribution in [0.3, 0.4) is 0 Å². The van der Waals surface area contributed by atoms with E-state index in [0.717, 1.165) is 11.4 Å². The highest BCUT2D eigenvalue weighted by Gasteiger charge is 2.19. The first kappa shape index (κ1) is 15.3. The summed E-state index contributed by atoms with van der Waals surface area (Å²) in [7, 11) is 0. The Bertz CT molecular complexity index is 921. The quantitative estimate of drug-likeness (QED) is 0.669. The van der Waals surface area contributed by atoms with Crippen molar-refractivity contribution in [3.05, 3.63) is 44.1 Å². The first-order valence-corrected chi connectivity index (χ1v) is 7.80. The zero-order chi connectivity index (χ0) is 16.6. The molecule has 0 aromatic carbocycles. The van der Waals surface area contributed by atoms with E-state index in [1.165, 1.54) is 21.9 Å². The van der Waals surface area contributed by atoms with Crippen LogP contribution in [0.1, 0.15) is 39.4 Å². The van der Waals surface area contributed by atoms with Gasteiger partial charge < -0.3 is 9.26 Å². The van der Waals surface area contributed by atoms with Gasteiger partial charge in [-0.2, -0.15) is 9.61 Å². The molecule has 3 heterocycles. The van der Waals surface area contributed by atoms with Gasteiger partial charge in [0.1, 0.15) is 22.9 Å². The number of fused-ring (bicyclic) bond motifs is 1. The number of aromatic nitrogens is 4. The van der Waals surface area contributed by atoms with Crippen molar-refractivity contribution >= 4 is 22.3 Å². The van der Waals surface area contributed by atoms with Gasteiger partial charge in [-0.25, -0.2) is 9.78 Å². The van der Waals surface area contributed by atoms with Crippen molar-refractivity contribution in [2.75, 3.05) is 0 Å². The third-order valence-electron chi connectivity index (χ3n) is 3.23. The third-order valence-corrected chi connectivity index (χ3v) is 4.28. The lowest BCUT2D eigenvalue weighted by Gasteiger charge is -2.03. The van der Waals surface area contributed by atoms with Crippen LogP contribution in [0.2, 0.25) is 0 Å². The van der Waals surface area contributed by atoms with E-state index >= 15 is 0 Å². The highest BCUT2D eigenvalue weighted by Crippen LogP contribution is 2.15. The monoisotopic (exact) mass is 334 g/mol. The number of carbonyl (C=O) groups is 1. The predicted octanol–water partition coefficient (Wildman–Crippen LogP) is 1.68. The Labute approximate surface area is 134 Å². The molecule has 0 unspecified atom stereocenters. The molecule has 0 saturated carbocycles. The number of ether oxygens (including phenoxy) is 1. The van der Waals surface area contributed by atoms with Gasteiger partial charge in [-0.1, -0.05) is 23.4 Å². The Kier molecular flexibility index (Phi) is 3.95. The molecule has 8 nitrogen and oxygen atoms in total. The number of aryl methyl sites for hydroxylation is 3. The van der Waals surface area contributed by atoms with Gasteiger partial charge in [0.05, 0.1) is 11.4 Å². The average Bonchev–Trinajstić information content (AvgIpc) is 3.08. The van der Waals surface area contributed by atoms with Crippen LogP contribution in [0, 0.1) is 13.8 Å². The topological polar surface area (TPSA) is 99.6 Å². The average molecular weight is 334 g/mol. The molecule has 3 rings (SSSR count). The summed E-state index contributed by atoms with van der Waals surface area (Å²) in [6, 6.07) is 1.31. The van der Waals surface area contributed by atoms with E-state index in [9.17, 15) is 9.59 Å². The molecule has 3 aromatic rings. The highest BCUT2D eigenvalue weighted by atomic mass is 32.1. The summed E-state index contributed by atoms with van der Waals surface area (Å²) in [5.74, 6) is -0.159. The number of carbonyl (C=O) groups excluding carboxylic acids is 1. The number of hydrogen-bond acceptors (Lipinski definition) is 8. The van der Waals surface area contributed by atoms with Gasteiger partial charge in [0, 0.05) is 6.07 Å². The van der Waals surface area contributed by atoms with Gasteiger partial charge in [-0.3, -0.25) is 4.79 Å². The minimum atomic E-state index is -0.554. The van der Waals surface area contributed by atoms with Crippen LogP contribution < -0.4 is 5.56 Å². The molecule has 0 spiro atoms. The van der Waals surface area contributed by atoms with E-state index in [-0.39, 0.29) is 12.2 Å². The van der Waals surface area contributed by atoms with Gasteiger partial charge in [-0.05, 0) is 20.3 Å². The van der Waals surface area contributed by atoms with Crippen molar-refractivity contribution in [3.8, 4) is 0 Å². The van der Waals surface area contributed by atoms with Crippen LogP contribution in [0.5, 0.6) is 0 Å². The van der Waals surface area contributed by atoms with Crippen LogP contribution in [0.15, 0.2) is 15.4 Å². The normalized spacial score (nSPS) is 11.1. The number of rotatable bonds is 4. The van der Waals surface area contributed by atoms with Crippen LogP contribution >= 0.6 is 11.3 Å². The van der Waals surface area contributed by atoms with Gasteiger partial charge in [0.15, 0.2) is 0 Å². The van der Waals surface area contributed by atoms with Crippen molar-refractivity contribution < 1.29 is 14.1 Å². The predicted molar refractivity (Wildman–Crippen MR) is 81.6 cm³/mol. The third kappa shape index (κ3) is 2.87. The molecular weight excluding hydrogens is 320 g/mol. The largest absolute Gasteiger partial charge is 0.455 e. The fraction of sp³-hybridized carbons (Fsp3) is 0.357. The summed E-state index contributed by atoms with van der Waals surface area (Å²) in [6.45, 7) is 5.15. The fourth-order valence-corrected chi connectivity index (χ4v) is 2.96. The summed E-state index contributed by atoms with van der Waals surface area (Å²) < 4.78 is 11.4. The SMILES string of the molecule is CCc1nn2c(=O)cc(COC(=O)c3c(C)noc3C)nc2s1. The molecule has 3 aromatic heterocycles. The number of hydrogen-bond donors (Lipinski definition) is 0. The smallest absolute Gasteiger partial charge is 0.344 e. The maximum absolute atomic E-state index is 12.1. The van der Waals surface area contributed by atoms with Crippen molar-refractivity contribution in [3.63, 3.8) is 0 Å². The maximum Gasteiger partial charge on any atom is 0.344 e. The van der Waals surface area contributed by atoms with Crippen molar-refractivity contribution in [2.45, 2.75) is 33.8 Å². The molecule has 0 amide bonds. The first-order valence-electron chi connectivity index (χ1n) is 6.98. The molecule has 23 heavy (non-hydrogen) atoms. The molecule has 0 saturated heterocycles. The van der Waals surface area contributed by atoms with Gasteiger partial charge in [-0.15, -0.1) is 0 Å². The second-order valence-corrected chi connectivity index (χ2v) is 5.95. The first-order chi connectivity index (χ1) is 11.0. The highest BCUT2D eigenvalue weighted by molar-refractivity contribution is 7.16. The summed E-state index contributed by atoms with van der Waals surface area (Å²) in [4.78, 5) is 28.9. The standard InChI is InChI=1S/C14H14N4O4S/c1-4-10-16-18-11(19)5-9(15-14(18)23-10)6-21-13(20)12-7(2)17-22-8(12)3/h5H,4,6H2,1-3H3. The molecule has 120 valence electrons. The lowest BCUT2D eigenvalue weighted by atomic mass is 10.2. The fourth-order valence-electron chi connectivity index (χ4n) is 2.10. The summed E-state index contributed by atoms with van der Waals surface area (Å²) >= 11 is 1.34. The number of nitrogens with zero attached hydrogens (tertiary/aromatic N) is 4. The van der Waals surface area contributed by atoms with E-state index in [4.69, 9.17) is 9.26 Å². The molecule has 0 fully saturated rings. The lowest BCUT2D eigenvalue weighted by molar-refractivity contribution is 0.0465. The Morgan fingerprint density at radius 1 is 1.43 bits per heavy atom. The molecule has 0 aliphatic heterocycles. The molecule has 9 heteroatoms. The van der Waals surface area contributed by atoms with E-state index < -0.39 is 5.97 Å². The lowest BCUT2D eigenvalue weighted by Crippen LogP contribution is -2.17. The van der Waals surface area contributed by atoms with Crippen LogP contribution in [-0.4, -0.2) is 25.7 Å². The van der Waals surface area contributed by atoms with Crippen LogP contribution in [-0.2, 0) is 17.8 Å². The van der Waals surface area contributed by atoms with E-state index in [0.29, 0.717) is 27.7 Å². The zero-order valence-electron chi connectivity index (χ0n) is 12.8. The molecule has 0 aliphatic carbocycles. The number of esters is 1. The minimum Gasteiger partial charge on any atom is -0.455 e. The molecule has 0 N–H and O–H groups in total. The van der Waals surface area contributed by atoms with Crippen molar-refractivity contribution in [1.29, 1.82) is 0 Å². The van der Waals surface area contributed by atoms with Crippen molar-refractivity contribution in [2.24, 2.45) is 0 Å². The maximum atomic E-state index is 12.1. The molecule has 0 atom stereocenters.